The molecular formula is C12H23NO2. The molecule has 15 heavy (non-hydrogen) atoms. The molecule has 0 aromatic heterocycles. The molecule has 1 N–H and O–H groups in total. The van der Waals surface area contributed by atoms with Gasteiger partial charge < -0.3 is 14.8 Å². The van der Waals surface area contributed by atoms with E-state index in [2.05, 4.69) is 19.2 Å². The monoisotopic (exact) mass is 213 g/mol. The first kappa shape index (κ1) is 11.4. The van der Waals surface area contributed by atoms with Gasteiger partial charge in [-0.05, 0) is 26.2 Å². The quantitative estimate of drug-likeness (QED) is 0.778. The van der Waals surface area contributed by atoms with Crippen LogP contribution in [0, 0.1) is 0 Å². The molecule has 1 atom stereocenters. The van der Waals surface area contributed by atoms with Crippen LogP contribution in [0.1, 0.15) is 46.0 Å². The smallest absolute Gasteiger partial charge is 0.168 e. The molecule has 1 heterocycles. The van der Waals surface area contributed by atoms with E-state index < -0.39 is 0 Å². The van der Waals surface area contributed by atoms with Gasteiger partial charge in [-0.25, -0.2) is 0 Å². The minimum atomic E-state index is -0.201. The first-order valence-corrected chi connectivity index (χ1v) is 6.28. The highest BCUT2D eigenvalue weighted by atomic mass is 16.7. The molecule has 88 valence electrons. The molecule has 0 bridgehead atoms. The third-order valence-corrected chi connectivity index (χ3v) is 3.69. The van der Waals surface area contributed by atoms with Crippen molar-refractivity contribution in [2.45, 2.75) is 63.8 Å². The lowest BCUT2D eigenvalue weighted by atomic mass is 9.89. The highest BCUT2D eigenvalue weighted by molar-refractivity contribution is 4.86. The Kier molecular flexibility index (Phi) is 3.65. The number of ether oxygens (including phenoxy) is 2. The van der Waals surface area contributed by atoms with Crippen LogP contribution in [0.2, 0.25) is 0 Å². The minimum absolute atomic E-state index is 0.201. The standard InChI is InChI=1S/C12H23NO2/c1-3-10(2)13-11-4-6-12(7-5-11)14-8-9-15-12/h10-11,13H,3-9H2,1-2H3. The van der Waals surface area contributed by atoms with Crippen molar-refractivity contribution in [3.63, 3.8) is 0 Å². The van der Waals surface area contributed by atoms with E-state index in [0.29, 0.717) is 12.1 Å². The summed E-state index contributed by atoms with van der Waals surface area (Å²) in [7, 11) is 0. The van der Waals surface area contributed by atoms with Crippen LogP contribution in [0.5, 0.6) is 0 Å². The zero-order valence-corrected chi connectivity index (χ0v) is 9.92. The molecule has 1 spiro atoms. The summed E-state index contributed by atoms with van der Waals surface area (Å²) in [5.74, 6) is -0.201. The molecule has 1 saturated carbocycles. The minimum Gasteiger partial charge on any atom is -0.348 e. The van der Waals surface area contributed by atoms with Crippen LogP contribution < -0.4 is 5.32 Å². The Bertz CT molecular complexity index is 192. The first-order chi connectivity index (χ1) is 7.24. The maximum absolute atomic E-state index is 5.71. The second kappa shape index (κ2) is 4.81. The molecule has 1 saturated heterocycles. The van der Waals surface area contributed by atoms with Gasteiger partial charge in [0.2, 0.25) is 0 Å². The van der Waals surface area contributed by atoms with Crippen LogP contribution in [-0.2, 0) is 9.47 Å². The van der Waals surface area contributed by atoms with Gasteiger partial charge in [0.15, 0.2) is 5.79 Å². The molecule has 0 aromatic carbocycles. The summed E-state index contributed by atoms with van der Waals surface area (Å²) >= 11 is 0. The number of nitrogens with one attached hydrogen (secondary N) is 1. The van der Waals surface area contributed by atoms with E-state index in [-0.39, 0.29) is 5.79 Å². The normalized spacial score (nSPS) is 28.4. The molecule has 2 fully saturated rings. The summed E-state index contributed by atoms with van der Waals surface area (Å²) in [6.45, 7) is 6.05. The fraction of sp³-hybridized carbons (Fsp3) is 1.00. The van der Waals surface area contributed by atoms with Gasteiger partial charge in [0.25, 0.3) is 0 Å². The maximum atomic E-state index is 5.71. The summed E-state index contributed by atoms with van der Waals surface area (Å²) in [6.07, 6.45) is 5.69. The van der Waals surface area contributed by atoms with Gasteiger partial charge >= 0.3 is 0 Å². The van der Waals surface area contributed by atoms with Crippen LogP contribution in [0.25, 0.3) is 0 Å². The van der Waals surface area contributed by atoms with E-state index in [1.165, 1.54) is 19.3 Å². The fourth-order valence-electron chi connectivity index (χ4n) is 2.53. The maximum Gasteiger partial charge on any atom is 0.168 e. The van der Waals surface area contributed by atoms with Crippen LogP contribution >= 0.6 is 0 Å². The van der Waals surface area contributed by atoms with E-state index in [4.69, 9.17) is 9.47 Å². The Morgan fingerprint density at radius 2 is 1.87 bits per heavy atom. The van der Waals surface area contributed by atoms with E-state index in [9.17, 15) is 0 Å². The lowest BCUT2D eigenvalue weighted by Gasteiger charge is -2.36. The Morgan fingerprint density at radius 3 is 2.40 bits per heavy atom. The topological polar surface area (TPSA) is 30.5 Å². The van der Waals surface area contributed by atoms with Crippen molar-refractivity contribution in [1.29, 1.82) is 0 Å². The highest BCUT2D eigenvalue weighted by Crippen LogP contribution is 2.35. The molecule has 0 amide bonds. The number of hydrogen-bond donors (Lipinski definition) is 1. The van der Waals surface area contributed by atoms with Crippen molar-refractivity contribution in [2.24, 2.45) is 0 Å². The predicted molar refractivity (Wildman–Crippen MR) is 59.8 cm³/mol. The largest absolute Gasteiger partial charge is 0.348 e. The van der Waals surface area contributed by atoms with E-state index in [1.807, 2.05) is 0 Å². The second-order valence-corrected chi connectivity index (χ2v) is 4.86. The molecule has 1 unspecified atom stereocenters. The molecule has 3 nitrogen and oxygen atoms in total. The third-order valence-electron chi connectivity index (χ3n) is 3.69. The zero-order chi connectivity index (χ0) is 10.7. The highest BCUT2D eigenvalue weighted by Gasteiger charge is 2.40. The van der Waals surface area contributed by atoms with Gasteiger partial charge in [0.05, 0.1) is 13.2 Å². The van der Waals surface area contributed by atoms with Crippen molar-refractivity contribution in [2.75, 3.05) is 13.2 Å². The second-order valence-electron chi connectivity index (χ2n) is 4.86. The summed E-state index contributed by atoms with van der Waals surface area (Å²) < 4.78 is 11.4. The molecular weight excluding hydrogens is 190 g/mol. The molecule has 0 aromatic rings. The summed E-state index contributed by atoms with van der Waals surface area (Å²) in [5, 5.41) is 3.66. The third kappa shape index (κ3) is 2.71. The van der Waals surface area contributed by atoms with Crippen LogP contribution in [0.15, 0.2) is 0 Å². The zero-order valence-electron chi connectivity index (χ0n) is 9.92. The van der Waals surface area contributed by atoms with E-state index in [0.717, 1.165) is 26.1 Å². The Morgan fingerprint density at radius 1 is 1.27 bits per heavy atom. The summed E-state index contributed by atoms with van der Waals surface area (Å²) in [4.78, 5) is 0. The average Bonchev–Trinajstić information content (AvgIpc) is 2.70. The SMILES string of the molecule is CCC(C)NC1CCC2(CC1)OCCO2. The lowest BCUT2D eigenvalue weighted by molar-refractivity contribution is -0.179. The Hall–Kier alpha value is -0.120. The van der Waals surface area contributed by atoms with Crippen molar-refractivity contribution in [3.8, 4) is 0 Å². The van der Waals surface area contributed by atoms with Gasteiger partial charge in [-0.2, -0.15) is 0 Å². The average molecular weight is 213 g/mol. The van der Waals surface area contributed by atoms with Gasteiger partial charge in [-0.1, -0.05) is 6.92 Å². The molecule has 2 aliphatic rings. The molecule has 0 radical (unpaired) electrons. The van der Waals surface area contributed by atoms with Crippen molar-refractivity contribution < 1.29 is 9.47 Å². The van der Waals surface area contributed by atoms with Crippen molar-refractivity contribution in [3.05, 3.63) is 0 Å². The van der Waals surface area contributed by atoms with Crippen molar-refractivity contribution >= 4 is 0 Å². The first-order valence-electron chi connectivity index (χ1n) is 6.28. The number of hydrogen-bond acceptors (Lipinski definition) is 3. The molecule has 3 heteroatoms. The van der Waals surface area contributed by atoms with Crippen molar-refractivity contribution in [1.82, 2.24) is 5.32 Å². The van der Waals surface area contributed by atoms with Crippen LogP contribution in [0.3, 0.4) is 0 Å². The van der Waals surface area contributed by atoms with Gasteiger partial charge in [-0.15, -0.1) is 0 Å². The molecule has 2 rings (SSSR count). The van der Waals surface area contributed by atoms with E-state index in [1.54, 1.807) is 0 Å². The Labute approximate surface area is 92.5 Å². The Balaban J connectivity index is 1.76. The summed E-state index contributed by atoms with van der Waals surface area (Å²) in [6, 6.07) is 1.30. The molecule has 1 aliphatic heterocycles. The fourth-order valence-corrected chi connectivity index (χ4v) is 2.53. The summed E-state index contributed by atoms with van der Waals surface area (Å²) in [5.41, 5.74) is 0. The number of rotatable bonds is 3. The van der Waals surface area contributed by atoms with Gasteiger partial charge in [0, 0.05) is 24.9 Å². The van der Waals surface area contributed by atoms with Crippen LogP contribution in [-0.4, -0.2) is 31.1 Å². The van der Waals surface area contributed by atoms with Crippen LogP contribution in [0.4, 0.5) is 0 Å². The molecule has 1 aliphatic carbocycles. The van der Waals surface area contributed by atoms with Gasteiger partial charge in [-0.3, -0.25) is 0 Å². The van der Waals surface area contributed by atoms with Gasteiger partial charge in [0.1, 0.15) is 0 Å². The van der Waals surface area contributed by atoms with E-state index >= 15 is 0 Å². The lowest BCUT2D eigenvalue weighted by Crippen LogP contribution is -2.44. The predicted octanol–water partition coefficient (Wildman–Crippen LogP) is 2.06.